The Morgan fingerprint density at radius 3 is 2.65 bits per heavy atom. The summed E-state index contributed by atoms with van der Waals surface area (Å²) in [6.45, 7) is 11.2. The second-order valence-corrected chi connectivity index (χ2v) is 18.6. The van der Waals surface area contributed by atoms with E-state index in [9.17, 15) is 13.8 Å². The number of allylic oxidation sites excluding steroid dienone is 1. The van der Waals surface area contributed by atoms with Gasteiger partial charge in [0.2, 0.25) is 0 Å². The summed E-state index contributed by atoms with van der Waals surface area (Å²) >= 11 is 6.46. The lowest BCUT2D eigenvalue weighted by atomic mass is 9.70. The molecule has 2 aromatic carbocycles. The third-order valence-electron chi connectivity index (χ3n) is 11.9. The summed E-state index contributed by atoms with van der Waals surface area (Å²) in [6.07, 6.45) is 8.97. The van der Waals surface area contributed by atoms with E-state index in [-0.39, 0.29) is 53.5 Å². The van der Waals surface area contributed by atoms with Crippen LogP contribution in [0.25, 0.3) is 0 Å². The van der Waals surface area contributed by atoms with Crippen molar-refractivity contribution in [3.05, 3.63) is 70.3 Å². The van der Waals surface area contributed by atoms with E-state index >= 15 is 0 Å². The van der Waals surface area contributed by atoms with Gasteiger partial charge in [-0.25, -0.2) is 4.21 Å². The number of benzene rings is 2. The highest BCUT2D eigenvalue weighted by Gasteiger charge is 2.42. The molecule has 1 saturated heterocycles. The summed E-state index contributed by atoms with van der Waals surface area (Å²) in [6, 6.07) is 11.6. The van der Waals surface area contributed by atoms with Crippen molar-refractivity contribution in [2.75, 3.05) is 57.3 Å². The van der Waals surface area contributed by atoms with Crippen molar-refractivity contribution in [1.29, 1.82) is 0 Å². The van der Waals surface area contributed by atoms with Crippen molar-refractivity contribution in [1.82, 2.24) is 0 Å². The van der Waals surface area contributed by atoms with Gasteiger partial charge in [-0.2, -0.15) is 4.36 Å². The molecule has 1 aliphatic carbocycles. The minimum absolute atomic E-state index is 0.0741. The Kier molecular flexibility index (Phi) is 12.5. The molecule has 1 spiro atoms. The standard InChI is InChI=1S/C41H55ClN2O7S/c1-27-8-6-10-38(48-5)29(3)28(2)22-44-25-41(17-7-9-31-20-33(42)12-13-36(31)41)26-51-39-14-11-32(21-37(39)44)40(46)43-52(47,30(27)4)24-34(45)23-50-35-15-18-49-19-16-35/h6,10-14,20-21,27-30,35,38H,7-9,15-19,22-26H2,1-5H3/b10-6+/t27-,28-,29+,30+,38-,41-,52-/m0/s1. The molecule has 3 aliphatic heterocycles. The minimum atomic E-state index is -3.33. The van der Waals surface area contributed by atoms with Crippen molar-refractivity contribution >= 4 is 38.7 Å². The molecule has 4 aliphatic rings. The number of nitrogens with zero attached hydrogens (tertiary/aromatic N) is 2. The molecule has 11 heteroatoms. The van der Waals surface area contributed by atoms with E-state index in [0.29, 0.717) is 63.5 Å². The third kappa shape index (κ3) is 8.62. The van der Waals surface area contributed by atoms with Crippen LogP contribution in [0.1, 0.15) is 81.3 Å². The zero-order valence-electron chi connectivity index (χ0n) is 31.3. The van der Waals surface area contributed by atoms with Crippen LogP contribution < -0.4 is 9.64 Å². The van der Waals surface area contributed by atoms with Gasteiger partial charge in [0.1, 0.15) is 12.4 Å². The second-order valence-electron chi connectivity index (χ2n) is 15.6. The molecule has 6 rings (SSSR count). The smallest absolute Gasteiger partial charge is 0.285 e. The first-order valence-corrected chi connectivity index (χ1v) is 21.0. The van der Waals surface area contributed by atoms with Crippen LogP contribution in [0.15, 0.2) is 52.9 Å². The summed E-state index contributed by atoms with van der Waals surface area (Å²) in [5.41, 5.74) is 3.38. The van der Waals surface area contributed by atoms with Crippen LogP contribution in [0.4, 0.5) is 5.69 Å². The number of carbonyl (C=O) groups is 2. The van der Waals surface area contributed by atoms with Crippen LogP contribution in [0.5, 0.6) is 5.75 Å². The molecule has 0 saturated carbocycles. The molecule has 52 heavy (non-hydrogen) atoms. The van der Waals surface area contributed by atoms with E-state index in [0.717, 1.165) is 30.0 Å². The molecule has 0 radical (unpaired) electrons. The fraction of sp³-hybridized carbons (Fsp3) is 0.610. The summed E-state index contributed by atoms with van der Waals surface area (Å²) < 4.78 is 43.3. The summed E-state index contributed by atoms with van der Waals surface area (Å²) in [5.74, 6) is -0.305. The van der Waals surface area contributed by atoms with Crippen LogP contribution >= 0.6 is 11.6 Å². The zero-order chi connectivity index (χ0) is 37.0. The van der Waals surface area contributed by atoms with Crippen molar-refractivity contribution in [3.8, 4) is 5.75 Å². The topological polar surface area (TPSA) is 104 Å². The quantitative estimate of drug-likeness (QED) is 0.280. The maximum absolute atomic E-state index is 14.9. The van der Waals surface area contributed by atoms with Gasteiger partial charge in [0.15, 0.2) is 5.78 Å². The molecule has 3 heterocycles. The predicted octanol–water partition coefficient (Wildman–Crippen LogP) is 7.46. The summed E-state index contributed by atoms with van der Waals surface area (Å²) in [4.78, 5) is 29.8. The number of aryl methyl sites for hydroxylation is 1. The maximum Gasteiger partial charge on any atom is 0.285 e. The average Bonchev–Trinajstić information content (AvgIpc) is 3.28. The summed E-state index contributed by atoms with van der Waals surface area (Å²) in [5, 5.41) is 0.194. The molecular formula is C41H55ClN2O7S. The fourth-order valence-electron chi connectivity index (χ4n) is 8.30. The van der Waals surface area contributed by atoms with Crippen molar-refractivity contribution in [2.24, 2.45) is 22.1 Å². The Bertz CT molecular complexity index is 1770. The van der Waals surface area contributed by atoms with Gasteiger partial charge in [-0.15, -0.1) is 0 Å². The molecule has 1 amide bonds. The lowest BCUT2D eigenvalue weighted by molar-refractivity contribution is -0.125. The van der Waals surface area contributed by atoms with E-state index < -0.39 is 20.9 Å². The van der Waals surface area contributed by atoms with Gasteiger partial charge < -0.3 is 23.8 Å². The molecule has 2 aromatic rings. The minimum Gasteiger partial charge on any atom is -0.490 e. The molecule has 284 valence electrons. The Hall–Kier alpha value is -2.76. The molecule has 9 nitrogen and oxygen atoms in total. The Morgan fingerprint density at radius 2 is 1.88 bits per heavy atom. The number of amides is 1. The van der Waals surface area contributed by atoms with Crippen LogP contribution in [0.2, 0.25) is 5.02 Å². The van der Waals surface area contributed by atoms with E-state index in [1.807, 2.05) is 32.0 Å². The Labute approximate surface area is 314 Å². The first-order chi connectivity index (χ1) is 24.9. The average molecular weight is 755 g/mol. The number of hydrogen-bond donors (Lipinski definition) is 0. The molecule has 2 bridgehead atoms. The molecule has 0 aromatic heterocycles. The predicted molar refractivity (Wildman–Crippen MR) is 206 cm³/mol. The van der Waals surface area contributed by atoms with Crippen molar-refractivity contribution in [3.63, 3.8) is 0 Å². The van der Waals surface area contributed by atoms with Gasteiger partial charge >= 0.3 is 0 Å². The number of anilines is 1. The van der Waals surface area contributed by atoms with Crippen LogP contribution in [0, 0.1) is 17.8 Å². The van der Waals surface area contributed by atoms with Crippen LogP contribution in [-0.4, -0.2) is 85.7 Å². The monoisotopic (exact) mass is 754 g/mol. The number of methoxy groups -OCH3 is 1. The lowest BCUT2D eigenvalue weighted by Crippen LogP contribution is -2.47. The van der Waals surface area contributed by atoms with E-state index in [1.165, 1.54) is 11.1 Å². The maximum atomic E-state index is 14.9. The first-order valence-electron chi connectivity index (χ1n) is 18.9. The largest absolute Gasteiger partial charge is 0.490 e. The van der Waals surface area contributed by atoms with E-state index in [2.05, 4.69) is 47.4 Å². The van der Waals surface area contributed by atoms with Crippen molar-refractivity contribution in [2.45, 2.75) is 89.1 Å². The van der Waals surface area contributed by atoms with Crippen LogP contribution in [0.3, 0.4) is 0 Å². The van der Waals surface area contributed by atoms with E-state index in [4.69, 9.17) is 30.5 Å². The Morgan fingerprint density at radius 1 is 1.10 bits per heavy atom. The number of ether oxygens (including phenoxy) is 4. The Balaban J connectivity index is 1.39. The highest BCUT2D eigenvalue weighted by Crippen LogP contribution is 2.45. The number of ketones is 1. The SMILES string of the molecule is CO[C@H]1/C=C/C[C@H](C)[C@@H](C)[S@@](=O)(CC(=O)COC2CCOCC2)=NC(=O)c2ccc3c(c2)N(C[C@H](C)[C@H]1C)C[C@@]1(CCCc2cc(Cl)ccc21)CO3. The number of fused-ring (bicyclic) bond motifs is 3. The van der Waals surface area contributed by atoms with Gasteiger partial charge in [0.05, 0.1) is 40.0 Å². The molecule has 0 N–H and O–H groups in total. The lowest BCUT2D eigenvalue weighted by Gasteiger charge is -2.42. The van der Waals surface area contributed by atoms with Gasteiger partial charge in [-0.3, -0.25) is 9.59 Å². The third-order valence-corrected chi connectivity index (χ3v) is 15.0. The highest BCUT2D eigenvalue weighted by atomic mass is 35.5. The summed E-state index contributed by atoms with van der Waals surface area (Å²) in [7, 11) is -1.59. The van der Waals surface area contributed by atoms with Gasteiger partial charge in [-0.1, -0.05) is 50.6 Å². The van der Waals surface area contributed by atoms with Gasteiger partial charge in [0.25, 0.3) is 5.91 Å². The number of rotatable bonds is 6. The fourth-order valence-corrected chi connectivity index (χ4v) is 10.8. The van der Waals surface area contributed by atoms with Gasteiger partial charge in [-0.05, 0) is 105 Å². The van der Waals surface area contributed by atoms with Crippen LogP contribution in [-0.2, 0) is 40.6 Å². The second kappa shape index (κ2) is 16.7. The molecular weight excluding hydrogens is 700 g/mol. The van der Waals surface area contributed by atoms with Gasteiger partial charge in [0, 0.05) is 54.7 Å². The zero-order valence-corrected chi connectivity index (χ0v) is 32.9. The molecule has 0 unspecified atom stereocenters. The normalized spacial score (nSPS) is 32.3. The molecule has 1 fully saturated rings. The number of halogens is 1. The van der Waals surface area contributed by atoms with E-state index in [1.54, 1.807) is 13.2 Å². The number of Topliss-reactive ketones (excluding diaryl/α,β-unsaturated/α-hetero) is 1. The first kappa shape index (κ1) is 38.9. The number of hydrogen-bond acceptors (Lipinski definition) is 8. The van der Waals surface area contributed by atoms with Crippen molar-refractivity contribution < 1.29 is 32.7 Å². The highest BCUT2D eigenvalue weighted by molar-refractivity contribution is 7.95. The molecule has 7 atom stereocenters. The number of carbonyl (C=O) groups excluding carboxylic acids is 2.